The van der Waals surface area contributed by atoms with Gasteiger partial charge in [0.15, 0.2) is 0 Å². The van der Waals surface area contributed by atoms with Gasteiger partial charge in [-0.1, -0.05) is 19.9 Å². The van der Waals surface area contributed by atoms with E-state index in [0.717, 1.165) is 22.0 Å². The van der Waals surface area contributed by atoms with Crippen LogP contribution < -0.4 is 20.7 Å². The van der Waals surface area contributed by atoms with Crippen molar-refractivity contribution in [2.45, 2.75) is 13.8 Å². The molecule has 164 valence electrons. The fraction of sp³-hybridized carbons (Fsp3) is 0.348. The van der Waals surface area contributed by atoms with Crippen LogP contribution in [-0.4, -0.2) is 54.8 Å². The third kappa shape index (κ3) is 5.68. The molecule has 0 aliphatic rings. The van der Waals surface area contributed by atoms with Crippen molar-refractivity contribution in [3.05, 3.63) is 42.6 Å². The summed E-state index contributed by atoms with van der Waals surface area (Å²) in [5.41, 5.74) is 1.99. The fourth-order valence-corrected chi connectivity index (χ4v) is 3.12. The van der Waals surface area contributed by atoms with E-state index in [1.54, 1.807) is 20.4 Å². The van der Waals surface area contributed by atoms with Crippen molar-refractivity contribution in [3.8, 4) is 17.0 Å². The van der Waals surface area contributed by atoms with Crippen LogP contribution in [0.5, 0.6) is 5.75 Å². The summed E-state index contributed by atoms with van der Waals surface area (Å²) < 4.78 is 5.36. The molecule has 0 atom stereocenters. The van der Waals surface area contributed by atoms with E-state index in [-0.39, 0.29) is 24.5 Å². The summed E-state index contributed by atoms with van der Waals surface area (Å²) in [6.45, 7) is 4.57. The Morgan fingerprint density at radius 3 is 2.71 bits per heavy atom. The second-order valence-electron chi connectivity index (χ2n) is 8.10. The molecule has 31 heavy (non-hydrogen) atoms. The number of carbonyl (C=O) groups excluding carboxylic acids is 1. The van der Waals surface area contributed by atoms with Crippen LogP contribution in [0.4, 0.5) is 11.6 Å². The number of aliphatic hydroxyl groups excluding tert-OH is 1. The molecule has 1 amide bonds. The van der Waals surface area contributed by atoms with Gasteiger partial charge in [0.05, 0.1) is 19.3 Å². The largest absolute Gasteiger partial charge is 0.497 e. The maximum Gasteiger partial charge on any atom is 0.238 e. The molecule has 0 fully saturated rings. The lowest BCUT2D eigenvalue weighted by molar-refractivity contribution is -0.115. The molecule has 0 aliphatic heterocycles. The van der Waals surface area contributed by atoms with Gasteiger partial charge in [-0.2, -0.15) is 0 Å². The Morgan fingerprint density at radius 1 is 1.19 bits per heavy atom. The molecule has 0 saturated heterocycles. The van der Waals surface area contributed by atoms with E-state index < -0.39 is 0 Å². The van der Waals surface area contributed by atoms with Gasteiger partial charge in [0.1, 0.15) is 5.75 Å². The number of nitrogens with zero attached hydrogens (tertiary/aromatic N) is 2. The van der Waals surface area contributed by atoms with Crippen molar-refractivity contribution >= 4 is 28.3 Å². The highest BCUT2D eigenvalue weighted by Gasteiger charge is 2.17. The van der Waals surface area contributed by atoms with Gasteiger partial charge in [-0.25, -0.2) is 9.97 Å². The Hall–Kier alpha value is -3.23. The van der Waals surface area contributed by atoms with Crippen molar-refractivity contribution in [1.29, 1.82) is 0 Å². The van der Waals surface area contributed by atoms with E-state index in [9.17, 15) is 9.90 Å². The molecule has 0 aliphatic carbocycles. The predicted molar refractivity (Wildman–Crippen MR) is 123 cm³/mol. The number of rotatable bonds is 9. The maximum atomic E-state index is 12.6. The van der Waals surface area contributed by atoms with Crippen LogP contribution in [0.1, 0.15) is 13.8 Å². The van der Waals surface area contributed by atoms with Crippen LogP contribution in [-0.2, 0) is 4.79 Å². The van der Waals surface area contributed by atoms with Crippen molar-refractivity contribution in [2.24, 2.45) is 5.41 Å². The average molecular weight is 424 g/mol. The summed E-state index contributed by atoms with van der Waals surface area (Å²) in [6.07, 6.45) is 1.69. The SMILES string of the molecule is CNc1nccc(-c2cc(NC(=O)CNCC(C)(C)CO)c3cc(OC)ccc3c2)n1. The number of nitrogens with one attached hydrogen (secondary N) is 3. The number of amides is 1. The topological polar surface area (TPSA) is 108 Å². The molecule has 3 rings (SSSR count). The first-order chi connectivity index (χ1) is 14.8. The Labute approximate surface area is 182 Å². The molecule has 4 N–H and O–H groups in total. The summed E-state index contributed by atoms with van der Waals surface area (Å²) in [7, 11) is 3.38. The fourth-order valence-electron chi connectivity index (χ4n) is 3.12. The Balaban J connectivity index is 1.92. The van der Waals surface area contributed by atoms with E-state index >= 15 is 0 Å². The second-order valence-corrected chi connectivity index (χ2v) is 8.10. The van der Waals surface area contributed by atoms with Crippen LogP contribution in [0.25, 0.3) is 22.0 Å². The highest BCUT2D eigenvalue weighted by Crippen LogP contribution is 2.33. The molecule has 0 spiro atoms. The Morgan fingerprint density at radius 2 is 2.00 bits per heavy atom. The first-order valence-electron chi connectivity index (χ1n) is 10.1. The zero-order valence-corrected chi connectivity index (χ0v) is 18.3. The number of aliphatic hydroxyl groups is 1. The zero-order chi connectivity index (χ0) is 22.4. The van der Waals surface area contributed by atoms with Crippen LogP contribution in [0.15, 0.2) is 42.6 Å². The van der Waals surface area contributed by atoms with Gasteiger partial charge in [0.25, 0.3) is 0 Å². The lowest BCUT2D eigenvalue weighted by atomic mass is 9.95. The smallest absolute Gasteiger partial charge is 0.238 e. The monoisotopic (exact) mass is 423 g/mol. The minimum Gasteiger partial charge on any atom is -0.497 e. The van der Waals surface area contributed by atoms with E-state index in [1.165, 1.54) is 0 Å². The third-order valence-electron chi connectivity index (χ3n) is 4.93. The molecule has 0 saturated carbocycles. The first-order valence-corrected chi connectivity index (χ1v) is 10.1. The van der Waals surface area contributed by atoms with Crippen molar-refractivity contribution in [3.63, 3.8) is 0 Å². The van der Waals surface area contributed by atoms with E-state index in [2.05, 4.69) is 25.9 Å². The number of fused-ring (bicyclic) bond motifs is 1. The highest BCUT2D eigenvalue weighted by atomic mass is 16.5. The van der Waals surface area contributed by atoms with Gasteiger partial charge >= 0.3 is 0 Å². The third-order valence-corrected chi connectivity index (χ3v) is 4.93. The second kappa shape index (κ2) is 9.72. The predicted octanol–water partition coefficient (Wildman–Crippen LogP) is 2.89. The molecule has 0 bridgehead atoms. The summed E-state index contributed by atoms with van der Waals surface area (Å²) in [4.78, 5) is 21.3. The molecule has 8 heteroatoms. The van der Waals surface area contributed by atoms with Crippen LogP contribution in [0.2, 0.25) is 0 Å². The van der Waals surface area contributed by atoms with Crippen molar-refractivity contribution in [1.82, 2.24) is 15.3 Å². The minimum atomic E-state index is -0.293. The van der Waals surface area contributed by atoms with E-state index in [0.29, 0.717) is 23.9 Å². The molecule has 1 heterocycles. The summed E-state index contributed by atoms with van der Waals surface area (Å²) in [5, 5.41) is 20.2. The van der Waals surface area contributed by atoms with E-state index in [4.69, 9.17) is 4.74 Å². The lowest BCUT2D eigenvalue weighted by Crippen LogP contribution is -2.37. The molecular weight excluding hydrogens is 394 g/mol. The molecule has 2 aromatic carbocycles. The first kappa shape index (κ1) is 22.5. The molecule has 3 aromatic rings. The minimum absolute atomic E-state index is 0.0433. The van der Waals surface area contributed by atoms with E-state index in [1.807, 2.05) is 50.2 Å². The molecule has 8 nitrogen and oxygen atoms in total. The number of benzene rings is 2. The van der Waals surface area contributed by atoms with Crippen LogP contribution in [0.3, 0.4) is 0 Å². The maximum absolute atomic E-state index is 12.6. The quantitative estimate of drug-likeness (QED) is 0.419. The highest BCUT2D eigenvalue weighted by molar-refractivity contribution is 6.05. The van der Waals surface area contributed by atoms with Gasteiger partial charge in [-0.3, -0.25) is 4.79 Å². The standard InChI is InChI=1S/C23H29N5O3/c1-23(2,14-29)13-25-12-21(30)27-20-10-16(19-7-8-26-22(24-3)28-19)9-15-5-6-17(31-4)11-18(15)20/h5-11,25,29H,12-14H2,1-4H3,(H,27,30)(H,24,26,28). The lowest BCUT2D eigenvalue weighted by Gasteiger charge is -2.21. The molecule has 1 aromatic heterocycles. The van der Waals surface area contributed by atoms with Gasteiger partial charge < -0.3 is 25.8 Å². The summed E-state index contributed by atoms with van der Waals surface area (Å²) >= 11 is 0. The number of hydrogen-bond donors (Lipinski definition) is 4. The van der Waals surface area contributed by atoms with Crippen LogP contribution >= 0.6 is 0 Å². The van der Waals surface area contributed by atoms with Gasteiger partial charge in [0, 0.05) is 48.4 Å². The molecule has 0 unspecified atom stereocenters. The van der Waals surface area contributed by atoms with Gasteiger partial charge in [0.2, 0.25) is 11.9 Å². The Kier molecular flexibility index (Phi) is 7.04. The summed E-state index contributed by atoms with van der Waals surface area (Å²) in [6, 6.07) is 11.5. The number of anilines is 2. The summed E-state index contributed by atoms with van der Waals surface area (Å²) in [5.74, 6) is 1.06. The number of aromatic nitrogens is 2. The average Bonchev–Trinajstić information content (AvgIpc) is 2.78. The number of ether oxygens (including phenoxy) is 1. The molecular formula is C23H29N5O3. The van der Waals surface area contributed by atoms with Crippen LogP contribution in [0, 0.1) is 5.41 Å². The van der Waals surface area contributed by atoms with Crippen molar-refractivity contribution < 1.29 is 14.6 Å². The van der Waals surface area contributed by atoms with Gasteiger partial charge in [-0.15, -0.1) is 0 Å². The number of hydrogen-bond acceptors (Lipinski definition) is 7. The van der Waals surface area contributed by atoms with Crippen molar-refractivity contribution in [2.75, 3.05) is 44.5 Å². The zero-order valence-electron chi connectivity index (χ0n) is 18.3. The number of carbonyl (C=O) groups is 1. The van der Waals surface area contributed by atoms with Gasteiger partial charge in [-0.05, 0) is 35.7 Å². The Bertz CT molecular complexity index is 1070. The normalized spacial score (nSPS) is 11.4. The number of methoxy groups -OCH3 is 1. The molecule has 0 radical (unpaired) electrons.